The van der Waals surface area contributed by atoms with E-state index in [1.165, 1.54) is 23.3 Å². The summed E-state index contributed by atoms with van der Waals surface area (Å²) in [6.45, 7) is 2.06. The number of hydrogen-bond acceptors (Lipinski definition) is 5. The molecule has 2 amide bonds. The van der Waals surface area contributed by atoms with Gasteiger partial charge in [-0.2, -0.15) is 0 Å². The maximum absolute atomic E-state index is 13.3. The minimum absolute atomic E-state index is 0.225. The smallest absolute Gasteiger partial charge is 0.282 e. The largest absolute Gasteiger partial charge is 0.495 e. The van der Waals surface area contributed by atoms with Gasteiger partial charge in [0.2, 0.25) is 0 Å². The third-order valence-corrected chi connectivity index (χ3v) is 6.06. The average Bonchev–Trinajstić information content (AvgIpc) is 3.35. The summed E-state index contributed by atoms with van der Waals surface area (Å²) in [4.78, 5) is 28.6. The van der Waals surface area contributed by atoms with Crippen LogP contribution in [0.25, 0.3) is 5.57 Å². The molecular weight excluding hydrogens is 420 g/mol. The van der Waals surface area contributed by atoms with Crippen LogP contribution in [0.4, 0.5) is 11.4 Å². The van der Waals surface area contributed by atoms with Crippen LogP contribution in [0.1, 0.15) is 17.4 Å². The van der Waals surface area contributed by atoms with Gasteiger partial charge in [0, 0.05) is 10.6 Å². The molecule has 0 saturated carbocycles. The van der Waals surface area contributed by atoms with Gasteiger partial charge in [-0.25, -0.2) is 4.90 Å². The molecule has 4 rings (SSSR count). The number of aryl methyl sites for hydroxylation is 1. The van der Waals surface area contributed by atoms with Crippen molar-refractivity contribution >= 4 is 51.7 Å². The van der Waals surface area contributed by atoms with E-state index in [0.717, 1.165) is 16.9 Å². The van der Waals surface area contributed by atoms with Gasteiger partial charge in [-0.15, -0.1) is 11.3 Å². The van der Waals surface area contributed by atoms with Gasteiger partial charge in [0.05, 0.1) is 23.4 Å². The van der Waals surface area contributed by atoms with Crippen LogP contribution in [-0.2, 0) is 16.0 Å². The molecule has 1 N–H and O–H groups in total. The number of amides is 2. The molecule has 0 aliphatic carbocycles. The molecule has 1 aliphatic rings. The van der Waals surface area contributed by atoms with E-state index in [1.54, 1.807) is 30.3 Å². The molecule has 30 heavy (non-hydrogen) atoms. The fourth-order valence-electron chi connectivity index (χ4n) is 3.30. The highest BCUT2D eigenvalue weighted by Gasteiger charge is 2.40. The van der Waals surface area contributed by atoms with Crippen LogP contribution in [0, 0.1) is 0 Å². The number of ether oxygens (including phenoxy) is 1. The quantitative estimate of drug-likeness (QED) is 0.525. The van der Waals surface area contributed by atoms with Crippen molar-refractivity contribution in [3.8, 4) is 5.75 Å². The number of rotatable bonds is 6. The van der Waals surface area contributed by atoms with Crippen LogP contribution in [0.15, 0.2) is 65.7 Å². The average molecular weight is 439 g/mol. The molecule has 0 unspecified atom stereocenters. The summed E-state index contributed by atoms with van der Waals surface area (Å²) < 4.78 is 5.18. The molecule has 1 aliphatic heterocycles. The SMILES string of the molecule is CCc1ccc(N2C(=O)C(Nc3ccc(OC)c(Cl)c3)=C(c3cccs3)C2=O)cc1. The van der Waals surface area contributed by atoms with Crippen molar-refractivity contribution in [2.75, 3.05) is 17.3 Å². The number of nitrogens with one attached hydrogen (secondary N) is 1. The van der Waals surface area contributed by atoms with Crippen LogP contribution < -0.4 is 15.0 Å². The highest BCUT2D eigenvalue weighted by molar-refractivity contribution is 7.11. The van der Waals surface area contributed by atoms with Crippen molar-refractivity contribution in [3.05, 3.63) is 81.1 Å². The van der Waals surface area contributed by atoms with Crippen LogP contribution in [0.3, 0.4) is 0 Å². The van der Waals surface area contributed by atoms with E-state index in [1.807, 2.05) is 29.6 Å². The fraction of sp³-hybridized carbons (Fsp3) is 0.130. The van der Waals surface area contributed by atoms with Gasteiger partial charge in [-0.1, -0.05) is 36.7 Å². The minimum Gasteiger partial charge on any atom is -0.495 e. The van der Waals surface area contributed by atoms with Crippen molar-refractivity contribution in [1.29, 1.82) is 0 Å². The Morgan fingerprint density at radius 3 is 2.43 bits per heavy atom. The number of benzene rings is 2. The summed E-state index contributed by atoms with van der Waals surface area (Å²) in [5, 5.41) is 5.39. The lowest BCUT2D eigenvalue weighted by Gasteiger charge is -2.16. The molecule has 0 spiro atoms. The second-order valence-electron chi connectivity index (χ2n) is 6.67. The van der Waals surface area contributed by atoms with E-state index in [9.17, 15) is 9.59 Å². The third kappa shape index (κ3) is 3.60. The fourth-order valence-corrected chi connectivity index (χ4v) is 4.32. The Morgan fingerprint density at radius 1 is 1.07 bits per heavy atom. The molecule has 152 valence electrons. The molecule has 1 aromatic heterocycles. The number of carbonyl (C=O) groups is 2. The van der Waals surface area contributed by atoms with Crippen molar-refractivity contribution < 1.29 is 14.3 Å². The Hall–Kier alpha value is -3.09. The molecule has 0 radical (unpaired) electrons. The third-order valence-electron chi connectivity index (χ3n) is 4.88. The number of methoxy groups -OCH3 is 1. The monoisotopic (exact) mass is 438 g/mol. The molecule has 0 bridgehead atoms. The molecule has 0 atom stereocenters. The summed E-state index contributed by atoms with van der Waals surface area (Å²) in [7, 11) is 1.53. The first-order valence-electron chi connectivity index (χ1n) is 9.40. The summed E-state index contributed by atoms with van der Waals surface area (Å²) in [6, 6.07) is 16.3. The molecule has 3 aromatic rings. The molecule has 0 fully saturated rings. The van der Waals surface area contributed by atoms with Crippen LogP contribution in [0.2, 0.25) is 5.02 Å². The zero-order chi connectivity index (χ0) is 21.3. The zero-order valence-electron chi connectivity index (χ0n) is 16.4. The van der Waals surface area contributed by atoms with Crippen LogP contribution in [0.5, 0.6) is 5.75 Å². The highest BCUT2D eigenvalue weighted by Crippen LogP contribution is 2.36. The number of imide groups is 1. The summed E-state index contributed by atoms with van der Waals surface area (Å²) in [5.41, 5.74) is 2.84. The van der Waals surface area contributed by atoms with Gasteiger partial charge in [0.1, 0.15) is 11.4 Å². The standard InChI is InChI=1S/C23H19ClN2O3S/c1-3-14-6-9-16(10-7-14)26-22(27)20(19-5-4-12-30-19)21(23(26)28)25-15-8-11-18(29-2)17(24)13-15/h4-13,25H,3H2,1-2H3. The van der Waals surface area contributed by atoms with E-state index in [-0.39, 0.29) is 11.6 Å². The normalized spacial score (nSPS) is 13.9. The van der Waals surface area contributed by atoms with Crippen molar-refractivity contribution in [2.24, 2.45) is 0 Å². The van der Waals surface area contributed by atoms with Crippen LogP contribution in [-0.4, -0.2) is 18.9 Å². The summed E-state index contributed by atoms with van der Waals surface area (Å²) in [6.07, 6.45) is 0.881. The number of thiophene rings is 1. The minimum atomic E-state index is -0.403. The van der Waals surface area contributed by atoms with Gasteiger partial charge < -0.3 is 10.1 Å². The summed E-state index contributed by atoms with van der Waals surface area (Å²) in [5.74, 6) is -0.227. The molecule has 7 heteroatoms. The van der Waals surface area contributed by atoms with Gasteiger partial charge in [0.15, 0.2) is 0 Å². The Morgan fingerprint density at radius 2 is 1.83 bits per heavy atom. The van der Waals surface area contributed by atoms with Gasteiger partial charge >= 0.3 is 0 Å². The molecule has 0 saturated heterocycles. The predicted molar refractivity (Wildman–Crippen MR) is 121 cm³/mol. The van der Waals surface area contributed by atoms with Gasteiger partial charge in [-0.3, -0.25) is 9.59 Å². The lowest BCUT2D eigenvalue weighted by molar-refractivity contribution is -0.120. The number of anilines is 2. The second-order valence-corrected chi connectivity index (χ2v) is 8.02. The van der Waals surface area contributed by atoms with E-state index in [4.69, 9.17) is 16.3 Å². The highest BCUT2D eigenvalue weighted by atomic mass is 35.5. The number of halogens is 1. The molecular formula is C23H19ClN2O3S. The molecule has 5 nitrogen and oxygen atoms in total. The van der Waals surface area contributed by atoms with Gasteiger partial charge in [-0.05, 0) is 53.8 Å². The van der Waals surface area contributed by atoms with Crippen molar-refractivity contribution in [3.63, 3.8) is 0 Å². The lowest BCUT2D eigenvalue weighted by atomic mass is 10.1. The van der Waals surface area contributed by atoms with Crippen LogP contribution >= 0.6 is 22.9 Å². The number of hydrogen-bond donors (Lipinski definition) is 1. The van der Waals surface area contributed by atoms with E-state index in [2.05, 4.69) is 12.2 Å². The Balaban J connectivity index is 1.75. The lowest BCUT2D eigenvalue weighted by Crippen LogP contribution is -2.32. The number of carbonyl (C=O) groups excluding carboxylic acids is 2. The van der Waals surface area contributed by atoms with E-state index >= 15 is 0 Å². The summed E-state index contributed by atoms with van der Waals surface area (Å²) >= 11 is 7.64. The number of nitrogens with zero attached hydrogens (tertiary/aromatic N) is 1. The Kier molecular flexibility index (Phi) is 5.61. The first kappa shape index (κ1) is 20.2. The Bertz CT molecular complexity index is 1140. The molecule has 2 aromatic carbocycles. The first-order chi connectivity index (χ1) is 14.5. The van der Waals surface area contributed by atoms with Crippen molar-refractivity contribution in [1.82, 2.24) is 0 Å². The predicted octanol–water partition coefficient (Wildman–Crippen LogP) is 5.37. The zero-order valence-corrected chi connectivity index (χ0v) is 18.0. The maximum Gasteiger partial charge on any atom is 0.282 e. The van der Waals surface area contributed by atoms with E-state index < -0.39 is 5.91 Å². The van der Waals surface area contributed by atoms with E-state index in [0.29, 0.717) is 27.7 Å². The Labute approximate surface area is 183 Å². The van der Waals surface area contributed by atoms with Gasteiger partial charge in [0.25, 0.3) is 11.8 Å². The molecule has 2 heterocycles. The second kappa shape index (κ2) is 8.34. The topological polar surface area (TPSA) is 58.6 Å². The van der Waals surface area contributed by atoms with Crippen molar-refractivity contribution in [2.45, 2.75) is 13.3 Å². The first-order valence-corrected chi connectivity index (χ1v) is 10.7. The maximum atomic E-state index is 13.3.